The summed E-state index contributed by atoms with van der Waals surface area (Å²) in [6, 6.07) is 6.25. The molecule has 0 aliphatic heterocycles. The fourth-order valence-electron chi connectivity index (χ4n) is 1.12. The molecule has 86 valence electrons. The van der Waals surface area contributed by atoms with Gasteiger partial charge in [0.2, 0.25) is 0 Å². The highest BCUT2D eigenvalue weighted by atomic mass is 16.4. The van der Waals surface area contributed by atoms with Crippen LogP contribution in [-0.4, -0.2) is 28.7 Å². The molecule has 0 radical (unpaired) electrons. The van der Waals surface area contributed by atoms with Crippen LogP contribution in [0.1, 0.15) is 17.3 Å². The Balaban J connectivity index is 2.64. The maximum absolute atomic E-state index is 10.7. The first-order chi connectivity index (χ1) is 7.50. The molecule has 5 heteroatoms. The van der Waals surface area contributed by atoms with E-state index < -0.39 is 17.9 Å². The number of carboxylic acids is 2. The number of anilines is 1. The van der Waals surface area contributed by atoms with Gasteiger partial charge in [0.15, 0.2) is 0 Å². The first-order valence-corrected chi connectivity index (χ1v) is 4.80. The summed E-state index contributed by atoms with van der Waals surface area (Å²) in [5.74, 6) is -2.41. The van der Waals surface area contributed by atoms with Gasteiger partial charge in [0.25, 0.3) is 0 Å². The standard InChI is InChI=1S/C11H13NO4/c1-7(10(13)14)6-12-9-4-2-3-8(5-9)11(15)16/h2-5,7,12H,6H2,1H3,(H,13,14)(H,15,16). The lowest BCUT2D eigenvalue weighted by atomic mass is 10.1. The summed E-state index contributed by atoms with van der Waals surface area (Å²) in [5, 5.41) is 20.3. The molecule has 1 atom stereocenters. The van der Waals surface area contributed by atoms with Crippen molar-refractivity contribution in [1.29, 1.82) is 0 Å². The first-order valence-electron chi connectivity index (χ1n) is 4.80. The first kappa shape index (κ1) is 12.0. The maximum atomic E-state index is 10.7. The Kier molecular flexibility index (Phi) is 3.88. The molecule has 1 unspecified atom stereocenters. The second-order valence-electron chi connectivity index (χ2n) is 3.51. The molecular formula is C11H13NO4. The van der Waals surface area contributed by atoms with E-state index in [0.29, 0.717) is 5.69 Å². The molecule has 0 saturated carbocycles. The highest BCUT2D eigenvalue weighted by Crippen LogP contribution is 2.11. The van der Waals surface area contributed by atoms with E-state index in [1.807, 2.05) is 0 Å². The predicted molar refractivity (Wildman–Crippen MR) is 58.7 cm³/mol. The van der Waals surface area contributed by atoms with E-state index in [9.17, 15) is 9.59 Å². The quantitative estimate of drug-likeness (QED) is 0.704. The Labute approximate surface area is 92.7 Å². The van der Waals surface area contributed by atoms with E-state index in [0.717, 1.165) is 0 Å². The van der Waals surface area contributed by atoms with Crippen molar-refractivity contribution < 1.29 is 19.8 Å². The van der Waals surface area contributed by atoms with Crippen molar-refractivity contribution in [2.45, 2.75) is 6.92 Å². The van der Waals surface area contributed by atoms with Gasteiger partial charge in [-0.15, -0.1) is 0 Å². The smallest absolute Gasteiger partial charge is 0.335 e. The minimum Gasteiger partial charge on any atom is -0.481 e. The molecule has 0 bridgehead atoms. The molecule has 0 fully saturated rings. The van der Waals surface area contributed by atoms with Crippen LogP contribution in [0.15, 0.2) is 24.3 Å². The molecule has 0 aromatic heterocycles. The van der Waals surface area contributed by atoms with Gasteiger partial charge in [-0.3, -0.25) is 4.79 Å². The number of hydrogen-bond donors (Lipinski definition) is 3. The average Bonchev–Trinajstić information content (AvgIpc) is 2.26. The number of aromatic carboxylic acids is 1. The normalized spacial score (nSPS) is 11.8. The van der Waals surface area contributed by atoms with Gasteiger partial charge in [-0.05, 0) is 18.2 Å². The van der Waals surface area contributed by atoms with Gasteiger partial charge in [0, 0.05) is 12.2 Å². The van der Waals surface area contributed by atoms with Crippen LogP contribution in [0.4, 0.5) is 5.69 Å². The van der Waals surface area contributed by atoms with Gasteiger partial charge >= 0.3 is 11.9 Å². The van der Waals surface area contributed by atoms with Crippen LogP contribution < -0.4 is 5.32 Å². The van der Waals surface area contributed by atoms with Crippen molar-refractivity contribution in [3.8, 4) is 0 Å². The number of carboxylic acid groups (broad SMARTS) is 2. The summed E-state index contributed by atoms with van der Waals surface area (Å²) in [4.78, 5) is 21.2. The number of aliphatic carboxylic acids is 1. The number of carbonyl (C=O) groups is 2. The van der Waals surface area contributed by atoms with Crippen LogP contribution in [0, 0.1) is 5.92 Å². The van der Waals surface area contributed by atoms with E-state index in [1.165, 1.54) is 12.1 Å². The Bertz CT molecular complexity index is 403. The summed E-state index contributed by atoms with van der Waals surface area (Å²) >= 11 is 0. The molecule has 16 heavy (non-hydrogen) atoms. The van der Waals surface area contributed by atoms with Crippen LogP contribution in [0.5, 0.6) is 0 Å². The molecular weight excluding hydrogens is 210 g/mol. The fraction of sp³-hybridized carbons (Fsp3) is 0.273. The van der Waals surface area contributed by atoms with Crippen molar-refractivity contribution in [2.75, 3.05) is 11.9 Å². The van der Waals surface area contributed by atoms with Crippen LogP contribution in [0.3, 0.4) is 0 Å². The molecule has 3 N–H and O–H groups in total. The Hall–Kier alpha value is -2.04. The monoisotopic (exact) mass is 223 g/mol. The highest BCUT2D eigenvalue weighted by molar-refractivity contribution is 5.88. The zero-order valence-corrected chi connectivity index (χ0v) is 8.80. The molecule has 0 saturated heterocycles. The second-order valence-corrected chi connectivity index (χ2v) is 3.51. The lowest BCUT2D eigenvalue weighted by Crippen LogP contribution is -2.19. The molecule has 1 rings (SSSR count). The summed E-state index contributed by atoms with van der Waals surface area (Å²) in [6.07, 6.45) is 0. The Morgan fingerprint density at radius 3 is 2.62 bits per heavy atom. The molecule has 0 aliphatic rings. The zero-order chi connectivity index (χ0) is 12.1. The molecule has 0 amide bonds. The molecule has 0 aliphatic carbocycles. The van der Waals surface area contributed by atoms with Gasteiger partial charge in [0.1, 0.15) is 0 Å². The number of nitrogens with one attached hydrogen (secondary N) is 1. The minimum absolute atomic E-state index is 0.174. The van der Waals surface area contributed by atoms with Crippen LogP contribution >= 0.6 is 0 Å². The minimum atomic E-state index is -1.00. The highest BCUT2D eigenvalue weighted by Gasteiger charge is 2.10. The predicted octanol–water partition coefficient (Wildman–Crippen LogP) is 1.52. The van der Waals surface area contributed by atoms with Gasteiger partial charge in [-0.25, -0.2) is 4.79 Å². The Morgan fingerprint density at radius 2 is 2.06 bits per heavy atom. The SMILES string of the molecule is CC(CNc1cccc(C(=O)O)c1)C(=O)O. The third-order valence-corrected chi connectivity index (χ3v) is 2.14. The summed E-state index contributed by atoms with van der Waals surface area (Å²) in [7, 11) is 0. The van der Waals surface area contributed by atoms with Crippen LogP contribution in [0.2, 0.25) is 0 Å². The molecule has 0 spiro atoms. The summed E-state index contributed by atoms with van der Waals surface area (Å²) < 4.78 is 0. The summed E-state index contributed by atoms with van der Waals surface area (Å²) in [6.45, 7) is 1.84. The lowest BCUT2D eigenvalue weighted by Gasteiger charge is -2.09. The van der Waals surface area contributed by atoms with Gasteiger partial charge in [-0.2, -0.15) is 0 Å². The molecule has 1 aromatic rings. The Morgan fingerprint density at radius 1 is 1.38 bits per heavy atom. The largest absolute Gasteiger partial charge is 0.481 e. The molecule has 1 aromatic carbocycles. The van der Waals surface area contributed by atoms with E-state index >= 15 is 0 Å². The van der Waals surface area contributed by atoms with Gasteiger partial charge < -0.3 is 15.5 Å². The topological polar surface area (TPSA) is 86.6 Å². The maximum Gasteiger partial charge on any atom is 0.335 e. The fourth-order valence-corrected chi connectivity index (χ4v) is 1.12. The van der Waals surface area contributed by atoms with E-state index in [4.69, 9.17) is 10.2 Å². The lowest BCUT2D eigenvalue weighted by molar-refractivity contribution is -0.140. The molecule has 0 heterocycles. The van der Waals surface area contributed by atoms with Gasteiger partial charge in [-0.1, -0.05) is 13.0 Å². The third kappa shape index (κ3) is 3.27. The van der Waals surface area contributed by atoms with Crippen molar-refractivity contribution in [3.63, 3.8) is 0 Å². The van der Waals surface area contributed by atoms with Crippen molar-refractivity contribution in [2.24, 2.45) is 5.92 Å². The second kappa shape index (κ2) is 5.16. The van der Waals surface area contributed by atoms with Crippen molar-refractivity contribution >= 4 is 17.6 Å². The zero-order valence-electron chi connectivity index (χ0n) is 8.80. The molecule has 5 nitrogen and oxygen atoms in total. The third-order valence-electron chi connectivity index (χ3n) is 2.14. The average molecular weight is 223 g/mol. The van der Waals surface area contributed by atoms with Crippen molar-refractivity contribution in [3.05, 3.63) is 29.8 Å². The summed E-state index contributed by atoms with van der Waals surface area (Å²) in [5.41, 5.74) is 0.779. The van der Waals surface area contributed by atoms with E-state index in [2.05, 4.69) is 5.32 Å². The van der Waals surface area contributed by atoms with Crippen molar-refractivity contribution in [1.82, 2.24) is 0 Å². The number of hydrogen-bond acceptors (Lipinski definition) is 3. The van der Waals surface area contributed by atoms with Crippen LogP contribution in [-0.2, 0) is 4.79 Å². The van der Waals surface area contributed by atoms with Gasteiger partial charge in [0.05, 0.1) is 11.5 Å². The van der Waals surface area contributed by atoms with E-state index in [1.54, 1.807) is 19.1 Å². The van der Waals surface area contributed by atoms with E-state index in [-0.39, 0.29) is 12.1 Å². The van der Waals surface area contributed by atoms with Crippen LogP contribution in [0.25, 0.3) is 0 Å². The number of benzene rings is 1. The number of rotatable bonds is 5.